The summed E-state index contributed by atoms with van der Waals surface area (Å²) >= 11 is 0. The molecule has 0 radical (unpaired) electrons. The summed E-state index contributed by atoms with van der Waals surface area (Å²) in [6, 6.07) is 0.0833. The monoisotopic (exact) mass is 177 g/mol. The topological polar surface area (TPSA) is 39.7 Å². The van der Waals surface area contributed by atoms with E-state index in [1.807, 2.05) is 14.0 Å². The van der Waals surface area contributed by atoms with Gasteiger partial charge in [0.1, 0.15) is 0 Å². The first-order chi connectivity index (χ1) is 5.79. The lowest BCUT2D eigenvalue weighted by Gasteiger charge is -2.23. The van der Waals surface area contributed by atoms with Crippen LogP contribution in [-0.4, -0.2) is 46.8 Å². The van der Waals surface area contributed by atoms with Crippen LogP contribution >= 0.6 is 0 Å². The highest BCUT2D eigenvalue weighted by Gasteiger charge is 2.18. The second kappa shape index (κ2) is 7.49. The van der Waals surface area contributed by atoms with E-state index in [-0.39, 0.29) is 12.3 Å². The number of hydrogen-bond donors (Lipinski definition) is 1. The van der Waals surface area contributed by atoms with Crippen molar-refractivity contribution in [3.05, 3.63) is 0 Å². The third-order valence-electron chi connectivity index (χ3n) is 1.67. The van der Waals surface area contributed by atoms with E-state index in [1.54, 1.807) is 14.2 Å². The van der Waals surface area contributed by atoms with E-state index in [9.17, 15) is 0 Å². The Morgan fingerprint density at radius 2 is 1.83 bits per heavy atom. The van der Waals surface area contributed by atoms with E-state index in [0.29, 0.717) is 13.2 Å². The summed E-state index contributed by atoms with van der Waals surface area (Å²) in [7, 11) is 5.09. The lowest BCUT2D eigenvalue weighted by Crippen LogP contribution is -2.43. The number of nitrogens with one attached hydrogen (secondary N) is 1. The summed E-state index contributed by atoms with van der Waals surface area (Å²) < 4.78 is 15.4. The van der Waals surface area contributed by atoms with Crippen LogP contribution in [0.15, 0.2) is 0 Å². The highest BCUT2D eigenvalue weighted by molar-refractivity contribution is 4.67. The molecule has 1 N–H and O–H groups in total. The first kappa shape index (κ1) is 11.8. The molecule has 0 aliphatic carbocycles. The molecule has 0 aliphatic rings. The molecule has 0 rings (SSSR count). The zero-order valence-electron chi connectivity index (χ0n) is 8.29. The van der Waals surface area contributed by atoms with E-state index in [1.165, 1.54) is 0 Å². The van der Waals surface area contributed by atoms with Crippen LogP contribution in [0.5, 0.6) is 0 Å². The van der Waals surface area contributed by atoms with Crippen molar-refractivity contribution < 1.29 is 14.2 Å². The zero-order chi connectivity index (χ0) is 9.40. The van der Waals surface area contributed by atoms with Gasteiger partial charge in [0.2, 0.25) is 0 Å². The van der Waals surface area contributed by atoms with E-state index in [0.717, 1.165) is 0 Å². The van der Waals surface area contributed by atoms with Crippen molar-refractivity contribution in [1.29, 1.82) is 0 Å². The average molecular weight is 177 g/mol. The van der Waals surface area contributed by atoms with Gasteiger partial charge in [-0.2, -0.15) is 0 Å². The molecule has 12 heavy (non-hydrogen) atoms. The van der Waals surface area contributed by atoms with Gasteiger partial charge in [0, 0.05) is 20.8 Å². The third kappa shape index (κ3) is 4.01. The molecule has 0 saturated heterocycles. The van der Waals surface area contributed by atoms with Crippen molar-refractivity contribution in [3.63, 3.8) is 0 Å². The van der Waals surface area contributed by atoms with Crippen molar-refractivity contribution in [2.24, 2.45) is 0 Å². The Morgan fingerprint density at radius 3 is 2.17 bits per heavy atom. The molecule has 0 fully saturated rings. The minimum absolute atomic E-state index is 0.0833. The van der Waals surface area contributed by atoms with Crippen LogP contribution in [0.25, 0.3) is 0 Å². The number of methoxy groups -OCH3 is 2. The molecule has 0 saturated carbocycles. The normalized spacial score (nSPS) is 13.8. The van der Waals surface area contributed by atoms with Gasteiger partial charge in [0.25, 0.3) is 0 Å². The Balaban J connectivity index is 3.75. The van der Waals surface area contributed by atoms with Crippen molar-refractivity contribution in [3.8, 4) is 0 Å². The number of ether oxygens (including phenoxy) is 3. The number of rotatable bonds is 7. The molecule has 1 atom stereocenters. The maximum absolute atomic E-state index is 5.25. The SMILES string of the molecule is CCOCC(NC)C(OC)OC. The summed E-state index contributed by atoms with van der Waals surface area (Å²) in [6.45, 7) is 3.26. The molecule has 0 spiro atoms. The summed E-state index contributed by atoms with van der Waals surface area (Å²) in [5, 5.41) is 3.06. The van der Waals surface area contributed by atoms with E-state index < -0.39 is 0 Å². The minimum Gasteiger partial charge on any atom is -0.380 e. The van der Waals surface area contributed by atoms with E-state index >= 15 is 0 Å². The first-order valence-electron chi connectivity index (χ1n) is 4.10. The number of likely N-dealkylation sites (N-methyl/N-ethyl adjacent to an activating group) is 1. The molecule has 4 heteroatoms. The summed E-state index contributed by atoms with van der Waals surface area (Å²) in [5.74, 6) is 0. The molecule has 0 heterocycles. The Hall–Kier alpha value is -0.160. The van der Waals surface area contributed by atoms with Crippen molar-refractivity contribution in [2.45, 2.75) is 19.3 Å². The predicted octanol–water partition coefficient (Wildman–Crippen LogP) is 0.230. The zero-order valence-corrected chi connectivity index (χ0v) is 8.29. The van der Waals surface area contributed by atoms with Gasteiger partial charge in [-0.3, -0.25) is 0 Å². The van der Waals surface area contributed by atoms with Crippen LogP contribution in [0.1, 0.15) is 6.92 Å². The minimum atomic E-state index is -0.249. The van der Waals surface area contributed by atoms with Gasteiger partial charge in [-0.05, 0) is 14.0 Å². The van der Waals surface area contributed by atoms with Crippen molar-refractivity contribution in [2.75, 3.05) is 34.5 Å². The van der Waals surface area contributed by atoms with Crippen LogP contribution in [0, 0.1) is 0 Å². The molecule has 1 unspecified atom stereocenters. The molecule has 0 aliphatic heterocycles. The van der Waals surface area contributed by atoms with Gasteiger partial charge in [-0.1, -0.05) is 0 Å². The third-order valence-corrected chi connectivity index (χ3v) is 1.67. The molecule has 74 valence electrons. The van der Waals surface area contributed by atoms with Crippen LogP contribution in [0.3, 0.4) is 0 Å². The van der Waals surface area contributed by atoms with Crippen LogP contribution in [0.2, 0.25) is 0 Å². The lowest BCUT2D eigenvalue weighted by atomic mass is 10.3. The Morgan fingerprint density at radius 1 is 1.25 bits per heavy atom. The maximum atomic E-state index is 5.25. The second-order valence-electron chi connectivity index (χ2n) is 2.39. The molecular formula is C8H19NO3. The van der Waals surface area contributed by atoms with Gasteiger partial charge in [0.05, 0.1) is 12.6 Å². The molecule has 4 nitrogen and oxygen atoms in total. The average Bonchev–Trinajstić information content (AvgIpc) is 2.12. The summed E-state index contributed by atoms with van der Waals surface area (Å²) in [4.78, 5) is 0. The lowest BCUT2D eigenvalue weighted by molar-refractivity contribution is -0.132. The fourth-order valence-corrected chi connectivity index (χ4v) is 0.968. The Bertz CT molecular complexity index is 96.3. The standard InChI is InChI=1S/C8H19NO3/c1-5-12-6-7(9-2)8(10-3)11-4/h7-9H,5-6H2,1-4H3. The fourth-order valence-electron chi connectivity index (χ4n) is 0.968. The molecule has 0 aromatic heterocycles. The van der Waals surface area contributed by atoms with Gasteiger partial charge in [0.15, 0.2) is 6.29 Å². The Kier molecular flexibility index (Phi) is 7.39. The van der Waals surface area contributed by atoms with Crippen LogP contribution in [0.4, 0.5) is 0 Å². The number of hydrogen-bond acceptors (Lipinski definition) is 4. The van der Waals surface area contributed by atoms with E-state index in [4.69, 9.17) is 14.2 Å². The first-order valence-corrected chi connectivity index (χ1v) is 4.10. The molecule has 0 bridgehead atoms. The van der Waals surface area contributed by atoms with Gasteiger partial charge in [-0.15, -0.1) is 0 Å². The van der Waals surface area contributed by atoms with Crippen LogP contribution in [-0.2, 0) is 14.2 Å². The fraction of sp³-hybridized carbons (Fsp3) is 1.00. The molecule has 0 aromatic carbocycles. The van der Waals surface area contributed by atoms with Gasteiger partial charge >= 0.3 is 0 Å². The molecular weight excluding hydrogens is 158 g/mol. The van der Waals surface area contributed by atoms with Gasteiger partial charge in [-0.25, -0.2) is 0 Å². The van der Waals surface area contributed by atoms with Crippen molar-refractivity contribution >= 4 is 0 Å². The summed E-state index contributed by atoms with van der Waals surface area (Å²) in [6.07, 6.45) is -0.249. The van der Waals surface area contributed by atoms with E-state index in [2.05, 4.69) is 5.32 Å². The second-order valence-corrected chi connectivity index (χ2v) is 2.39. The predicted molar refractivity (Wildman–Crippen MR) is 47.1 cm³/mol. The molecule has 0 aromatic rings. The van der Waals surface area contributed by atoms with Gasteiger partial charge < -0.3 is 19.5 Å². The molecule has 0 amide bonds. The highest BCUT2D eigenvalue weighted by atomic mass is 16.7. The largest absolute Gasteiger partial charge is 0.380 e. The highest BCUT2D eigenvalue weighted by Crippen LogP contribution is 1.99. The van der Waals surface area contributed by atoms with Crippen LogP contribution < -0.4 is 5.32 Å². The maximum Gasteiger partial charge on any atom is 0.174 e. The Labute approximate surface area is 74.2 Å². The smallest absolute Gasteiger partial charge is 0.174 e. The summed E-state index contributed by atoms with van der Waals surface area (Å²) in [5.41, 5.74) is 0. The quantitative estimate of drug-likeness (QED) is 0.565. The van der Waals surface area contributed by atoms with Crippen molar-refractivity contribution in [1.82, 2.24) is 5.32 Å².